The molecule has 1 heterocycles. The van der Waals surface area contributed by atoms with Gasteiger partial charge in [0.1, 0.15) is 17.2 Å². The minimum atomic E-state index is 0.648. The van der Waals surface area contributed by atoms with E-state index in [2.05, 4.69) is 31.3 Å². The van der Waals surface area contributed by atoms with Crippen LogP contribution in [-0.2, 0) is 0 Å². The molecule has 0 aliphatic rings. The van der Waals surface area contributed by atoms with E-state index in [9.17, 15) is 0 Å². The highest BCUT2D eigenvalue weighted by Gasteiger charge is 2.09. The highest BCUT2D eigenvalue weighted by Crippen LogP contribution is 2.34. The Morgan fingerprint density at radius 3 is 2.76 bits per heavy atom. The van der Waals surface area contributed by atoms with E-state index in [1.807, 2.05) is 31.2 Å². The molecule has 2 rings (SSSR count). The molecule has 0 aliphatic heterocycles. The second-order valence-corrected chi connectivity index (χ2v) is 5.21. The number of hydrazine groups is 1. The molecule has 0 spiro atoms. The smallest absolute Gasteiger partial charge is 0.147 e. The molecule has 1 aromatic heterocycles. The maximum Gasteiger partial charge on any atom is 0.147 e. The number of nitrogens with one attached hydrogen (secondary N) is 1. The molecule has 0 bridgehead atoms. The summed E-state index contributed by atoms with van der Waals surface area (Å²) in [6.45, 7) is 1.94. The van der Waals surface area contributed by atoms with Crippen LogP contribution in [0.1, 0.15) is 5.56 Å². The van der Waals surface area contributed by atoms with Crippen LogP contribution in [0.25, 0.3) is 0 Å². The molecule has 0 atom stereocenters. The molecule has 0 unspecified atom stereocenters. The monoisotopic (exact) mass is 310 g/mol. The molecule has 17 heavy (non-hydrogen) atoms. The van der Waals surface area contributed by atoms with Gasteiger partial charge in [0.25, 0.3) is 0 Å². The number of nitrogen functional groups attached to an aromatic ring is 1. The van der Waals surface area contributed by atoms with Crippen molar-refractivity contribution in [3.63, 3.8) is 0 Å². The molecular weight excluding hydrogens is 300 g/mol. The van der Waals surface area contributed by atoms with Crippen molar-refractivity contribution < 1.29 is 0 Å². The Morgan fingerprint density at radius 1 is 1.29 bits per heavy atom. The number of aromatic nitrogens is 2. The van der Waals surface area contributed by atoms with Gasteiger partial charge in [0.2, 0.25) is 0 Å². The van der Waals surface area contributed by atoms with Crippen LogP contribution >= 0.6 is 27.7 Å². The van der Waals surface area contributed by atoms with Gasteiger partial charge in [-0.25, -0.2) is 15.8 Å². The second kappa shape index (κ2) is 5.48. The van der Waals surface area contributed by atoms with Gasteiger partial charge in [-0.3, -0.25) is 0 Å². The molecule has 0 radical (unpaired) electrons. The maximum absolute atomic E-state index is 5.38. The minimum absolute atomic E-state index is 0.648. The zero-order valence-corrected chi connectivity index (χ0v) is 11.5. The van der Waals surface area contributed by atoms with Gasteiger partial charge in [0.15, 0.2) is 0 Å². The Balaban J connectivity index is 2.34. The molecule has 3 N–H and O–H groups in total. The molecule has 0 fully saturated rings. The first-order valence-electron chi connectivity index (χ1n) is 4.93. The van der Waals surface area contributed by atoms with Crippen molar-refractivity contribution in [2.45, 2.75) is 16.8 Å². The summed E-state index contributed by atoms with van der Waals surface area (Å²) in [5.41, 5.74) is 3.50. The second-order valence-electron chi connectivity index (χ2n) is 3.33. The number of nitrogens with zero attached hydrogens (tertiary/aromatic N) is 2. The van der Waals surface area contributed by atoms with E-state index in [0.29, 0.717) is 5.82 Å². The molecule has 0 aliphatic carbocycles. The van der Waals surface area contributed by atoms with Gasteiger partial charge in [-0.15, -0.1) is 0 Å². The van der Waals surface area contributed by atoms with Crippen LogP contribution in [0.3, 0.4) is 0 Å². The van der Waals surface area contributed by atoms with E-state index in [1.54, 1.807) is 11.8 Å². The number of nitrogens with two attached hydrogens (primary N) is 1. The lowest BCUT2D eigenvalue weighted by Crippen LogP contribution is -2.10. The molecule has 6 heteroatoms. The Kier molecular flexibility index (Phi) is 3.98. The van der Waals surface area contributed by atoms with Gasteiger partial charge in [-0.1, -0.05) is 23.9 Å². The number of hydrogen-bond donors (Lipinski definition) is 2. The molecule has 0 saturated carbocycles. The summed E-state index contributed by atoms with van der Waals surface area (Å²) < 4.78 is 1.05. The first-order chi connectivity index (χ1) is 8.22. The van der Waals surface area contributed by atoms with Gasteiger partial charge in [0, 0.05) is 14.9 Å². The molecule has 88 valence electrons. The third-order valence-corrected chi connectivity index (χ3v) is 4.35. The summed E-state index contributed by atoms with van der Waals surface area (Å²) in [6.07, 6.45) is 1.50. The molecule has 2 aromatic rings. The zero-order valence-electron chi connectivity index (χ0n) is 9.14. The zero-order chi connectivity index (χ0) is 12.3. The van der Waals surface area contributed by atoms with Crippen molar-refractivity contribution in [2.75, 3.05) is 5.43 Å². The van der Waals surface area contributed by atoms with E-state index in [4.69, 9.17) is 5.84 Å². The van der Waals surface area contributed by atoms with Crippen LogP contribution in [0.4, 0.5) is 5.82 Å². The number of halogens is 1. The summed E-state index contributed by atoms with van der Waals surface area (Å²) in [6, 6.07) is 8.01. The van der Waals surface area contributed by atoms with E-state index in [-0.39, 0.29) is 0 Å². The van der Waals surface area contributed by atoms with Crippen molar-refractivity contribution in [2.24, 2.45) is 5.84 Å². The average molecular weight is 311 g/mol. The third kappa shape index (κ3) is 2.77. The fourth-order valence-corrected chi connectivity index (χ4v) is 2.71. The first-order valence-corrected chi connectivity index (χ1v) is 6.54. The van der Waals surface area contributed by atoms with E-state index in [1.165, 1.54) is 6.33 Å². The Morgan fingerprint density at radius 2 is 2.06 bits per heavy atom. The molecule has 0 saturated heterocycles. The quantitative estimate of drug-likeness (QED) is 0.518. The van der Waals surface area contributed by atoms with Gasteiger partial charge < -0.3 is 5.43 Å². The van der Waals surface area contributed by atoms with Crippen LogP contribution in [0, 0.1) is 6.92 Å². The standard InChI is InChI=1S/C11H11BrN4S/c1-7-10(16-13)14-6-15-11(7)17-9-5-3-2-4-8(9)12/h2-6H,13H2,1H3,(H,14,15,16). The SMILES string of the molecule is Cc1c(NN)ncnc1Sc1ccccc1Br. The molecule has 1 aromatic carbocycles. The van der Waals surface area contributed by atoms with E-state index < -0.39 is 0 Å². The number of hydrogen-bond acceptors (Lipinski definition) is 5. The van der Waals surface area contributed by atoms with Crippen molar-refractivity contribution in [1.82, 2.24) is 9.97 Å². The van der Waals surface area contributed by atoms with E-state index >= 15 is 0 Å². The van der Waals surface area contributed by atoms with E-state index in [0.717, 1.165) is 20.0 Å². The molecular formula is C11H11BrN4S. The highest BCUT2D eigenvalue weighted by molar-refractivity contribution is 9.10. The maximum atomic E-state index is 5.38. The minimum Gasteiger partial charge on any atom is -0.308 e. The summed E-state index contributed by atoms with van der Waals surface area (Å²) in [5.74, 6) is 6.03. The molecule has 0 amide bonds. The lowest BCUT2D eigenvalue weighted by molar-refractivity contribution is 0.996. The summed E-state index contributed by atoms with van der Waals surface area (Å²) in [5, 5.41) is 0.889. The highest BCUT2D eigenvalue weighted by atomic mass is 79.9. The van der Waals surface area contributed by atoms with Crippen molar-refractivity contribution in [3.05, 3.63) is 40.6 Å². The fourth-order valence-electron chi connectivity index (χ4n) is 1.31. The third-order valence-electron chi connectivity index (χ3n) is 2.22. The van der Waals surface area contributed by atoms with Gasteiger partial charge in [0.05, 0.1) is 0 Å². The topological polar surface area (TPSA) is 63.8 Å². The largest absolute Gasteiger partial charge is 0.308 e. The number of rotatable bonds is 3. The normalized spacial score (nSPS) is 10.3. The van der Waals surface area contributed by atoms with Crippen LogP contribution < -0.4 is 11.3 Å². The number of anilines is 1. The Labute approximate surface area is 112 Å². The van der Waals surface area contributed by atoms with Crippen LogP contribution in [0.5, 0.6) is 0 Å². The first kappa shape index (κ1) is 12.3. The predicted molar refractivity (Wildman–Crippen MR) is 72.8 cm³/mol. The lowest BCUT2D eigenvalue weighted by atomic mass is 10.3. The summed E-state index contributed by atoms with van der Waals surface area (Å²) in [4.78, 5) is 9.42. The van der Waals surface area contributed by atoms with Crippen molar-refractivity contribution in [1.29, 1.82) is 0 Å². The summed E-state index contributed by atoms with van der Waals surface area (Å²) >= 11 is 5.09. The van der Waals surface area contributed by atoms with Gasteiger partial charge in [-0.2, -0.15) is 0 Å². The van der Waals surface area contributed by atoms with Gasteiger partial charge in [-0.05, 0) is 35.0 Å². The van der Waals surface area contributed by atoms with Crippen LogP contribution in [0.2, 0.25) is 0 Å². The Bertz CT molecular complexity index is 533. The average Bonchev–Trinajstić information content (AvgIpc) is 2.34. The van der Waals surface area contributed by atoms with Crippen LogP contribution in [0.15, 0.2) is 45.0 Å². The van der Waals surface area contributed by atoms with Gasteiger partial charge >= 0.3 is 0 Å². The predicted octanol–water partition coefficient (Wildman–Crippen LogP) is 2.98. The van der Waals surface area contributed by atoms with Crippen LogP contribution in [-0.4, -0.2) is 9.97 Å². The fraction of sp³-hybridized carbons (Fsp3) is 0.0909. The van der Waals surface area contributed by atoms with Crippen molar-refractivity contribution in [3.8, 4) is 0 Å². The van der Waals surface area contributed by atoms with Crippen molar-refractivity contribution >= 4 is 33.5 Å². The Hall–Kier alpha value is -1.11. The summed E-state index contributed by atoms with van der Waals surface area (Å²) in [7, 11) is 0. The lowest BCUT2D eigenvalue weighted by Gasteiger charge is -2.08. The number of benzene rings is 1. The molecule has 4 nitrogen and oxygen atoms in total.